The summed E-state index contributed by atoms with van der Waals surface area (Å²) in [4.78, 5) is 34.3. The third kappa shape index (κ3) is 7.97. The zero-order valence-electron chi connectivity index (χ0n) is 23.2. The van der Waals surface area contributed by atoms with Gasteiger partial charge in [0.2, 0.25) is 11.8 Å². The number of hydrogen-bond donors (Lipinski definition) is 0. The highest BCUT2D eigenvalue weighted by molar-refractivity contribution is 7.82. The van der Waals surface area contributed by atoms with E-state index in [1.165, 1.54) is 0 Å². The Bertz CT molecular complexity index is 946. The highest BCUT2D eigenvalue weighted by Gasteiger charge is 2.31. The number of amides is 2. The summed E-state index contributed by atoms with van der Waals surface area (Å²) in [6, 6.07) is 3.76. The van der Waals surface area contributed by atoms with E-state index >= 15 is 0 Å². The molecule has 2 atom stereocenters. The molecule has 3 rings (SSSR count). The molecule has 0 spiro atoms. The quantitative estimate of drug-likeness (QED) is 0.382. The Balaban J connectivity index is 1.38. The number of ether oxygens (including phenoxy) is 2. The second kappa shape index (κ2) is 13.7. The SMILES string of the molecule is COc1cc(C)c(S(=O)N(C)CCOCC(=O)N(C)C2CCN(C(=O)CN3CCN(C)CC3)C2)c(C)c1. The van der Waals surface area contributed by atoms with Crippen LogP contribution in [0.3, 0.4) is 0 Å². The highest BCUT2D eigenvalue weighted by Crippen LogP contribution is 2.25. The molecular weight excluding hydrogens is 494 g/mol. The smallest absolute Gasteiger partial charge is 0.248 e. The van der Waals surface area contributed by atoms with Crippen molar-refractivity contribution in [2.45, 2.75) is 31.2 Å². The standard InChI is InChI=1S/C26H43N5O5S/c1-20-15-23(35-6)16-21(2)26(20)37(34)28(4)13-14-36-19-25(33)29(5)22-7-8-31(17-22)24(32)18-30-11-9-27(3)10-12-30/h15-16,22H,7-14,17-19H2,1-6H3. The van der Waals surface area contributed by atoms with Gasteiger partial charge in [-0.25, -0.2) is 8.51 Å². The van der Waals surface area contributed by atoms with Crippen LogP contribution in [0.4, 0.5) is 0 Å². The maximum atomic E-state index is 13.1. The number of rotatable bonds is 11. The van der Waals surface area contributed by atoms with Crippen LogP contribution in [0.1, 0.15) is 17.5 Å². The third-order valence-corrected chi connectivity index (χ3v) is 9.06. The average molecular weight is 538 g/mol. The van der Waals surface area contributed by atoms with Gasteiger partial charge in [-0.3, -0.25) is 14.5 Å². The van der Waals surface area contributed by atoms with Crippen LogP contribution in [0.15, 0.2) is 17.0 Å². The van der Waals surface area contributed by atoms with Crippen molar-refractivity contribution in [3.63, 3.8) is 0 Å². The van der Waals surface area contributed by atoms with Crippen molar-refractivity contribution in [2.75, 3.05) is 93.8 Å². The molecule has 0 aliphatic carbocycles. The lowest BCUT2D eigenvalue weighted by Gasteiger charge is -2.33. The lowest BCUT2D eigenvalue weighted by Crippen LogP contribution is -2.49. The first-order valence-electron chi connectivity index (χ1n) is 12.9. The molecular formula is C26H43N5O5S. The topological polar surface area (TPSA) is 85.9 Å². The van der Waals surface area contributed by atoms with E-state index in [0.717, 1.165) is 54.4 Å². The number of likely N-dealkylation sites (N-methyl/N-ethyl adjacent to an activating group) is 3. The van der Waals surface area contributed by atoms with Crippen LogP contribution in [0.2, 0.25) is 0 Å². The third-order valence-electron chi connectivity index (χ3n) is 7.32. The molecule has 0 bridgehead atoms. The molecule has 2 unspecified atom stereocenters. The normalized spacial score (nSPS) is 19.9. The Labute approximate surface area is 224 Å². The summed E-state index contributed by atoms with van der Waals surface area (Å²) in [6.07, 6.45) is 0.777. The first-order valence-corrected chi connectivity index (χ1v) is 14.0. The van der Waals surface area contributed by atoms with Crippen molar-refractivity contribution < 1.29 is 23.3 Å². The molecule has 11 heteroatoms. The Kier molecular flexibility index (Phi) is 10.9. The number of carbonyl (C=O) groups excluding carboxylic acids is 2. The molecule has 2 amide bonds. The fraction of sp³-hybridized carbons (Fsp3) is 0.692. The van der Waals surface area contributed by atoms with Gasteiger partial charge in [-0.1, -0.05) is 0 Å². The predicted molar refractivity (Wildman–Crippen MR) is 144 cm³/mol. The van der Waals surface area contributed by atoms with E-state index in [9.17, 15) is 13.8 Å². The number of carbonyl (C=O) groups is 2. The number of piperazine rings is 1. The van der Waals surface area contributed by atoms with Crippen LogP contribution in [0.25, 0.3) is 0 Å². The van der Waals surface area contributed by atoms with Crippen LogP contribution >= 0.6 is 0 Å². The van der Waals surface area contributed by atoms with E-state index in [-0.39, 0.29) is 31.1 Å². The Morgan fingerprint density at radius 3 is 2.35 bits per heavy atom. The van der Waals surface area contributed by atoms with Crippen LogP contribution in [0, 0.1) is 13.8 Å². The van der Waals surface area contributed by atoms with Crippen LogP contribution in [-0.2, 0) is 25.3 Å². The van der Waals surface area contributed by atoms with Gasteiger partial charge in [0.05, 0.1) is 31.2 Å². The maximum absolute atomic E-state index is 13.1. The Morgan fingerprint density at radius 1 is 1.08 bits per heavy atom. The summed E-state index contributed by atoms with van der Waals surface area (Å²) in [7, 11) is 5.94. The predicted octanol–water partition coefficient (Wildman–Crippen LogP) is 0.590. The molecule has 2 saturated heterocycles. The summed E-state index contributed by atoms with van der Waals surface area (Å²) < 4.78 is 25.7. The van der Waals surface area contributed by atoms with Gasteiger partial charge in [0, 0.05) is 59.9 Å². The molecule has 1 aromatic carbocycles. The number of nitrogens with zero attached hydrogens (tertiary/aromatic N) is 5. The van der Waals surface area contributed by atoms with Crippen LogP contribution in [0.5, 0.6) is 5.75 Å². The van der Waals surface area contributed by atoms with E-state index < -0.39 is 11.0 Å². The number of hydrogen-bond acceptors (Lipinski definition) is 7. The lowest BCUT2D eigenvalue weighted by atomic mass is 10.1. The molecule has 2 fully saturated rings. The number of benzene rings is 1. The zero-order valence-corrected chi connectivity index (χ0v) is 24.0. The summed E-state index contributed by atoms with van der Waals surface area (Å²) in [6.45, 7) is 10.0. The van der Waals surface area contributed by atoms with E-state index in [2.05, 4.69) is 16.8 Å². The minimum atomic E-state index is -1.34. The minimum Gasteiger partial charge on any atom is -0.497 e. The van der Waals surface area contributed by atoms with E-state index in [1.807, 2.05) is 30.9 Å². The Hall–Kier alpha value is -2.05. The molecule has 1 aromatic rings. The average Bonchev–Trinajstić information content (AvgIpc) is 3.37. The van der Waals surface area contributed by atoms with Crippen LogP contribution in [-0.4, -0.2) is 140 Å². The second-order valence-electron chi connectivity index (χ2n) is 10.1. The summed E-state index contributed by atoms with van der Waals surface area (Å²) >= 11 is 0. The molecule has 0 aromatic heterocycles. The molecule has 2 aliphatic heterocycles. The molecule has 2 heterocycles. The minimum absolute atomic E-state index is 0.00346. The maximum Gasteiger partial charge on any atom is 0.248 e. The zero-order chi connectivity index (χ0) is 27.1. The number of aryl methyl sites for hydroxylation is 2. The summed E-state index contributed by atoms with van der Waals surface area (Å²) in [5.41, 5.74) is 1.82. The molecule has 0 saturated carbocycles. The van der Waals surface area contributed by atoms with E-state index in [0.29, 0.717) is 26.2 Å². The van der Waals surface area contributed by atoms with Crippen molar-refractivity contribution in [1.29, 1.82) is 0 Å². The second-order valence-corrected chi connectivity index (χ2v) is 11.6. The lowest BCUT2D eigenvalue weighted by molar-refractivity contribution is -0.138. The first-order chi connectivity index (χ1) is 17.6. The van der Waals surface area contributed by atoms with Crippen molar-refractivity contribution in [3.8, 4) is 5.75 Å². The van der Waals surface area contributed by atoms with Gasteiger partial charge in [-0.15, -0.1) is 0 Å². The van der Waals surface area contributed by atoms with Crippen molar-refractivity contribution in [2.24, 2.45) is 0 Å². The van der Waals surface area contributed by atoms with Gasteiger partial charge in [-0.05, 0) is 50.6 Å². The fourth-order valence-electron chi connectivity index (χ4n) is 4.78. The number of likely N-dealkylation sites (tertiary alicyclic amines) is 1. The molecule has 2 aliphatic rings. The highest BCUT2D eigenvalue weighted by atomic mass is 32.2. The van der Waals surface area contributed by atoms with Crippen LogP contribution < -0.4 is 4.74 Å². The molecule has 10 nitrogen and oxygen atoms in total. The van der Waals surface area contributed by atoms with Gasteiger partial charge in [0.1, 0.15) is 23.3 Å². The fourth-order valence-corrected chi connectivity index (χ4v) is 6.00. The van der Waals surface area contributed by atoms with Gasteiger partial charge < -0.3 is 24.2 Å². The van der Waals surface area contributed by atoms with Gasteiger partial charge in [0.15, 0.2) is 0 Å². The monoisotopic (exact) mass is 537 g/mol. The summed E-state index contributed by atoms with van der Waals surface area (Å²) in [5.74, 6) is 0.778. The molecule has 37 heavy (non-hydrogen) atoms. The molecule has 0 radical (unpaired) electrons. The van der Waals surface area contributed by atoms with Gasteiger partial charge >= 0.3 is 0 Å². The first kappa shape index (κ1) is 29.5. The van der Waals surface area contributed by atoms with E-state index in [4.69, 9.17) is 9.47 Å². The molecule has 208 valence electrons. The molecule has 0 N–H and O–H groups in total. The largest absolute Gasteiger partial charge is 0.497 e. The van der Waals surface area contributed by atoms with Gasteiger partial charge in [-0.2, -0.15) is 0 Å². The van der Waals surface area contributed by atoms with Crippen molar-refractivity contribution in [3.05, 3.63) is 23.3 Å². The van der Waals surface area contributed by atoms with Gasteiger partial charge in [0.25, 0.3) is 0 Å². The Morgan fingerprint density at radius 2 is 1.73 bits per heavy atom. The summed E-state index contributed by atoms with van der Waals surface area (Å²) in [5, 5.41) is 0. The van der Waals surface area contributed by atoms with E-state index in [1.54, 1.807) is 30.4 Å². The van der Waals surface area contributed by atoms with Crippen molar-refractivity contribution >= 4 is 22.8 Å². The number of methoxy groups -OCH3 is 1. The van der Waals surface area contributed by atoms with Crippen molar-refractivity contribution in [1.82, 2.24) is 23.9 Å².